The van der Waals surface area contributed by atoms with E-state index in [9.17, 15) is 19.7 Å². The molecule has 1 heterocycles. The van der Waals surface area contributed by atoms with Crippen molar-refractivity contribution in [2.75, 3.05) is 13.7 Å². The van der Waals surface area contributed by atoms with Gasteiger partial charge >= 0.3 is 11.7 Å². The summed E-state index contributed by atoms with van der Waals surface area (Å²) in [6, 6.07) is 3.96. The molecule has 24 heavy (non-hydrogen) atoms. The number of benzene rings is 1. The van der Waals surface area contributed by atoms with Gasteiger partial charge in [0, 0.05) is 30.6 Å². The van der Waals surface area contributed by atoms with Crippen molar-refractivity contribution in [2.45, 2.75) is 38.1 Å². The normalized spacial score (nSPS) is 17.4. The van der Waals surface area contributed by atoms with Crippen LogP contribution in [0.5, 0.6) is 5.75 Å². The fourth-order valence-electron chi connectivity index (χ4n) is 2.99. The van der Waals surface area contributed by atoms with Gasteiger partial charge < -0.3 is 14.7 Å². The van der Waals surface area contributed by atoms with Gasteiger partial charge in [-0.25, -0.2) is 0 Å². The molecule has 1 amide bonds. The summed E-state index contributed by atoms with van der Waals surface area (Å²) < 4.78 is 4.94. The summed E-state index contributed by atoms with van der Waals surface area (Å²) in [6.07, 6.45) is 2.91. The van der Waals surface area contributed by atoms with E-state index in [1.54, 1.807) is 4.90 Å². The fraction of sp³-hybridized carbons (Fsp3) is 0.500. The predicted molar refractivity (Wildman–Crippen MR) is 85.2 cm³/mol. The Hall–Kier alpha value is -2.64. The van der Waals surface area contributed by atoms with E-state index in [1.807, 2.05) is 0 Å². The van der Waals surface area contributed by atoms with E-state index in [4.69, 9.17) is 9.84 Å². The topological polar surface area (TPSA) is 110 Å². The van der Waals surface area contributed by atoms with Gasteiger partial charge in [-0.2, -0.15) is 0 Å². The van der Waals surface area contributed by atoms with Crippen LogP contribution in [0, 0.1) is 10.1 Å². The van der Waals surface area contributed by atoms with Crippen LogP contribution in [-0.4, -0.2) is 46.5 Å². The average molecular weight is 336 g/mol. The smallest absolute Gasteiger partial charge is 0.311 e. The zero-order chi connectivity index (χ0) is 17.7. The Bertz CT molecular complexity index is 645. The van der Waals surface area contributed by atoms with E-state index in [-0.39, 0.29) is 35.4 Å². The Morgan fingerprint density at radius 3 is 2.79 bits per heavy atom. The van der Waals surface area contributed by atoms with Crippen LogP contribution in [0.15, 0.2) is 18.2 Å². The Kier molecular flexibility index (Phi) is 5.73. The van der Waals surface area contributed by atoms with Crippen molar-refractivity contribution in [3.8, 4) is 5.75 Å². The first kappa shape index (κ1) is 17.7. The molecule has 0 radical (unpaired) electrons. The second-order valence-electron chi connectivity index (χ2n) is 5.72. The molecule has 8 nitrogen and oxygen atoms in total. The highest BCUT2D eigenvalue weighted by Gasteiger charge is 2.29. The molecule has 1 atom stereocenters. The molecule has 0 aromatic heterocycles. The zero-order valence-corrected chi connectivity index (χ0v) is 13.4. The first-order valence-corrected chi connectivity index (χ1v) is 7.79. The number of likely N-dealkylation sites (tertiary alicyclic amines) is 1. The van der Waals surface area contributed by atoms with Gasteiger partial charge in [0.05, 0.1) is 12.0 Å². The number of carbonyl (C=O) groups is 2. The minimum absolute atomic E-state index is 0.00277. The third-order valence-electron chi connectivity index (χ3n) is 4.20. The van der Waals surface area contributed by atoms with Crippen LogP contribution < -0.4 is 4.74 Å². The van der Waals surface area contributed by atoms with E-state index in [0.29, 0.717) is 13.0 Å². The number of amides is 1. The molecule has 1 aliphatic heterocycles. The molecule has 0 saturated carbocycles. The van der Waals surface area contributed by atoms with E-state index < -0.39 is 10.9 Å². The first-order chi connectivity index (χ1) is 11.4. The van der Waals surface area contributed by atoms with Gasteiger partial charge in [-0.3, -0.25) is 19.7 Å². The molecule has 1 N–H and O–H groups in total. The molecule has 1 unspecified atom stereocenters. The fourth-order valence-corrected chi connectivity index (χ4v) is 2.99. The van der Waals surface area contributed by atoms with Crippen molar-refractivity contribution in [3.05, 3.63) is 33.9 Å². The van der Waals surface area contributed by atoms with Crippen molar-refractivity contribution < 1.29 is 24.4 Å². The van der Waals surface area contributed by atoms with Crippen LogP contribution in [0.25, 0.3) is 0 Å². The third kappa shape index (κ3) is 4.01. The molecule has 0 bridgehead atoms. The van der Waals surface area contributed by atoms with E-state index in [0.717, 1.165) is 19.3 Å². The second-order valence-corrected chi connectivity index (χ2v) is 5.72. The number of nitro benzene ring substituents is 1. The number of hydrogen-bond donors (Lipinski definition) is 1. The van der Waals surface area contributed by atoms with Crippen LogP contribution in [0.3, 0.4) is 0 Å². The molecule has 1 fully saturated rings. The maximum Gasteiger partial charge on any atom is 0.311 e. The largest absolute Gasteiger partial charge is 0.490 e. The van der Waals surface area contributed by atoms with Gasteiger partial charge in [-0.1, -0.05) is 0 Å². The number of carboxylic acid groups (broad SMARTS) is 1. The second kappa shape index (κ2) is 7.76. The van der Waals surface area contributed by atoms with Gasteiger partial charge in [-0.15, -0.1) is 0 Å². The summed E-state index contributed by atoms with van der Waals surface area (Å²) in [5.41, 5.74) is -0.0489. The minimum atomic E-state index is -0.895. The Balaban J connectivity index is 2.23. The average Bonchev–Trinajstić information content (AvgIpc) is 2.58. The standard InChI is InChI=1S/C16H20N2O6/c1-24-14-7-5-11(10-13(14)18(22)23)16(21)17-9-3-2-4-12(17)6-8-15(19)20/h5,7,10,12H,2-4,6,8-9H2,1H3,(H,19,20). The lowest BCUT2D eigenvalue weighted by Crippen LogP contribution is -2.44. The number of rotatable bonds is 6. The highest BCUT2D eigenvalue weighted by atomic mass is 16.6. The molecule has 1 aromatic carbocycles. The number of methoxy groups -OCH3 is 1. The minimum Gasteiger partial charge on any atom is -0.490 e. The van der Waals surface area contributed by atoms with Crippen molar-refractivity contribution in [1.29, 1.82) is 0 Å². The van der Waals surface area contributed by atoms with Gasteiger partial charge in [0.2, 0.25) is 0 Å². The van der Waals surface area contributed by atoms with Crippen LogP contribution in [-0.2, 0) is 4.79 Å². The Morgan fingerprint density at radius 1 is 1.42 bits per heavy atom. The number of piperidine rings is 1. The summed E-state index contributed by atoms with van der Waals surface area (Å²) in [5.74, 6) is -1.11. The SMILES string of the molecule is COc1ccc(C(=O)N2CCCCC2CCC(=O)O)cc1[N+](=O)[O-]. The molecule has 130 valence electrons. The number of carbonyl (C=O) groups excluding carboxylic acids is 1. The number of nitrogens with zero attached hydrogens (tertiary/aromatic N) is 2. The molecular weight excluding hydrogens is 316 g/mol. The molecule has 1 saturated heterocycles. The molecule has 1 aromatic rings. The van der Waals surface area contributed by atoms with Crippen molar-refractivity contribution >= 4 is 17.6 Å². The molecule has 1 aliphatic rings. The van der Waals surface area contributed by atoms with Gasteiger partial charge in [0.25, 0.3) is 5.91 Å². The summed E-state index contributed by atoms with van der Waals surface area (Å²) in [7, 11) is 1.33. The van der Waals surface area contributed by atoms with Crippen molar-refractivity contribution in [2.24, 2.45) is 0 Å². The maximum absolute atomic E-state index is 12.7. The van der Waals surface area contributed by atoms with Crippen molar-refractivity contribution in [1.82, 2.24) is 4.90 Å². The van der Waals surface area contributed by atoms with Crippen LogP contribution in [0.2, 0.25) is 0 Å². The molecular formula is C16H20N2O6. The quantitative estimate of drug-likeness (QED) is 0.631. The van der Waals surface area contributed by atoms with Gasteiger partial charge in [0.1, 0.15) is 0 Å². The monoisotopic (exact) mass is 336 g/mol. The van der Waals surface area contributed by atoms with Gasteiger partial charge in [0.15, 0.2) is 5.75 Å². The number of carboxylic acids is 1. The van der Waals surface area contributed by atoms with Crippen LogP contribution in [0.1, 0.15) is 42.5 Å². The van der Waals surface area contributed by atoms with E-state index in [2.05, 4.69) is 0 Å². The Labute approximate surface area is 139 Å². The summed E-state index contributed by atoms with van der Waals surface area (Å²) in [5, 5.41) is 20.0. The first-order valence-electron chi connectivity index (χ1n) is 7.79. The third-order valence-corrected chi connectivity index (χ3v) is 4.20. The van der Waals surface area contributed by atoms with Crippen molar-refractivity contribution in [3.63, 3.8) is 0 Å². The number of hydrogen-bond acceptors (Lipinski definition) is 5. The molecule has 8 heteroatoms. The van der Waals surface area contributed by atoms with Crippen LogP contribution >= 0.6 is 0 Å². The van der Waals surface area contributed by atoms with Gasteiger partial charge in [-0.05, 0) is 37.8 Å². The Morgan fingerprint density at radius 2 is 2.17 bits per heavy atom. The maximum atomic E-state index is 12.7. The highest BCUT2D eigenvalue weighted by Crippen LogP contribution is 2.29. The lowest BCUT2D eigenvalue weighted by molar-refractivity contribution is -0.385. The number of ether oxygens (including phenoxy) is 1. The van der Waals surface area contributed by atoms with E-state index >= 15 is 0 Å². The molecule has 2 rings (SSSR count). The van der Waals surface area contributed by atoms with E-state index in [1.165, 1.54) is 25.3 Å². The lowest BCUT2D eigenvalue weighted by Gasteiger charge is -2.35. The highest BCUT2D eigenvalue weighted by molar-refractivity contribution is 5.95. The lowest BCUT2D eigenvalue weighted by atomic mass is 9.97. The molecule has 0 spiro atoms. The number of aliphatic carboxylic acids is 1. The molecule has 0 aliphatic carbocycles. The summed E-state index contributed by atoms with van der Waals surface area (Å²) in [6.45, 7) is 0.531. The predicted octanol–water partition coefficient (Wildman–Crippen LogP) is 2.46. The number of nitro groups is 1. The summed E-state index contributed by atoms with van der Waals surface area (Å²) in [4.78, 5) is 35.7. The van der Waals surface area contributed by atoms with Crippen LogP contribution in [0.4, 0.5) is 5.69 Å². The zero-order valence-electron chi connectivity index (χ0n) is 13.4. The summed E-state index contributed by atoms with van der Waals surface area (Å²) >= 11 is 0.